The fraction of sp³-hybridized carbons (Fsp3) is 0.115. The third-order valence-electron chi connectivity index (χ3n) is 5.71. The van der Waals surface area contributed by atoms with Gasteiger partial charge in [0.25, 0.3) is 5.91 Å². The molecule has 5 rings (SSSR count). The highest BCUT2D eigenvalue weighted by atomic mass is 35.5. The van der Waals surface area contributed by atoms with Gasteiger partial charge in [-0.05, 0) is 48.9 Å². The molecule has 0 bridgehead atoms. The number of hydrogen-bond donors (Lipinski definition) is 2. The average Bonchev–Trinajstić information content (AvgIpc) is 3.32. The van der Waals surface area contributed by atoms with E-state index in [1.807, 2.05) is 61.5 Å². The van der Waals surface area contributed by atoms with Crippen LogP contribution in [0.3, 0.4) is 0 Å². The number of anilines is 2. The summed E-state index contributed by atoms with van der Waals surface area (Å²) in [5.74, 6) is 0.993. The molecule has 4 aromatic rings. The maximum atomic E-state index is 13.4. The van der Waals surface area contributed by atoms with E-state index in [9.17, 15) is 4.79 Å². The van der Waals surface area contributed by atoms with Gasteiger partial charge in [0, 0.05) is 27.0 Å². The fourth-order valence-corrected chi connectivity index (χ4v) is 4.49. The highest BCUT2D eigenvalue weighted by molar-refractivity contribution is 6.35. The van der Waals surface area contributed by atoms with Crippen molar-refractivity contribution in [3.8, 4) is 5.75 Å². The number of amides is 1. The molecule has 0 saturated heterocycles. The molecule has 0 unspecified atom stereocenters. The van der Waals surface area contributed by atoms with Gasteiger partial charge in [0.1, 0.15) is 24.7 Å². The Balaban J connectivity index is 1.42. The average molecular weight is 506 g/mol. The number of hydrogen-bond acceptors (Lipinski definition) is 5. The molecule has 2 heterocycles. The zero-order chi connectivity index (χ0) is 24.4. The zero-order valence-corrected chi connectivity index (χ0v) is 20.2. The van der Waals surface area contributed by atoms with E-state index in [4.69, 9.17) is 27.9 Å². The molecule has 1 aliphatic heterocycles. The van der Waals surface area contributed by atoms with Gasteiger partial charge in [-0.15, -0.1) is 0 Å². The molecule has 9 heteroatoms. The molecule has 176 valence electrons. The van der Waals surface area contributed by atoms with E-state index < -0.39 is 6.04 Å². The first kappa shape index (κ1) is 23.0. The molecule has 1 atom stereocenters. The van der Waals surface area contributed by atoms with Crippen LogP contribution in [0.4, 0.5) is 11.6 Å². The van der Waals surface area contributed by atoms with Crippen molar-refractivity contribution in [2.24, 2.45) is 0 Å². The first-order valence-electron chi connectivity index (χ1n) is 10.9. The van der Waals surface area contributed by atoms with E-state index in [0.29, 0.717) is 38.7 Å². The Morgan fingerprint density at radius 1 is 1.03 bits per heavy atom. The lowest BCUT2D eigenvalue weighted by Crippen LogP contribution is -2.31. The Kier molecular flexibility index (Phi) is 6.44. The number of carbonyl (C=O) groups excluding carboxylic acids is 1. The summed E-state index contributed by atoms with van der Waals surface area (Å²) in [7, 11) is 0. The number of ether oxygens (including phenoxy) is 1. The minimum atomic E-state index is -0.468. The third kappa shape index (κ3) is 4.73. The Bertz CT molecular complexity index is 1380. The van der Waals surface area contributed by atoms with Crippen molar-refractivity contribution in [2.75, 3.05) is 10.6 Å². The summed E-state index contributed by atoms with van der Waals surface area (Å²) in [5.41, 5.74) is 3.55. The molecule has 1 aromatic heterocycles. The van der Waals surface area contributed by atoms with Crippen molar-refractivity contribution in [1.29, 1.82) is 0 Å². The molecule has 2 N–H and O–H groups in total. The SMILES string of the molecule is CC1=C(C(=O)Nc2ccccc2)[C@@H](c2ccc(OCc3c(Cl)cccc3Cl)cc2)n2ncnc2N1. The van der Waals surface area contributed by atoms with Gasteiger partial charge in [0.15, 0.2) is 0 Å². The van der Waals surface area contributed by atoms with E-state index in [1.165, 1.54) is 6.33 Å². The van der Waals surface area contributed by atoms with Gasteiger partial charge in [-0.1, -0.05) is 59.6 Å². The van der Waals surface area contributed by atoms with Crippen LogP contribution in [0.1, 0.15) is 24.1 Å². The zero-order valence-electron chi connectivity index (χ0n) is 18.7. The van der Waals surface area contributed by atoms with E-state index in [-0.39, 0.29) is 12.5 Å². The minimum Gasteiger partial charge on any atom is -0.489 e. The van der Waals surface area contributed by atoms with Crippen molar-refractivity contribution < 1.29 is 9.53 Å². The van der Waals surface area contributed by atoms with Gasteiger partial charge < -0.3 is 15.4 Å². The van der Waals surface area contributed by atoms with Gasteiger partial charge in [-0.25, -0.2) is 4.68 Å². The number of fused-ring (bicyclic) bond motifs is 1. The van der Waals surface area contributed by atoms with Crippen molar-refractivity contribution >= 4 is 40.7 Å². The molecular weight excluding hydrogens is 485 g/mol. The van der Waals surface area contributed by atoms with Crippen molar-refractivity contribution in [3.63, 3.8) is 0 Å². The summed E-state index contributed by atoms with van der Waals surface area (Å²) in [6, 6.07) is 21.7. The van der Waals surface area contributed by atoms with Crippen LogP contribution >= 0.6 is 23.2 Å². The highest BCUT2D eigenvalue weighted by Gasteiger charge is 2.33. The normalized spacial score (nSPS) is 14.8. The lowest BCUT2D eigenvalue weighted by atomic mass is 9.95. The molecular formula is C26H21Cl2N5O2. The van der Waals surface area contributed by atoms with Crippen LogP contribution in [0.5, 0.6) is 5.75 Å². The third-order valence-corrected chi connectivity index (χ3v) is 6.42. The molecule has 3 aromatic carbocycles. The second-order valence-electron chi connectivity index (χ2n) is 7.97. The van der Waals surface area contributed by atoms with Gasteiger partial charge in [0.2, 0.25) is 5.95 Å². The second kappa shape index (κ2) is 9.82. The summed E-state index contributed by atoms with van der Waals surface area (Å²) in [4.78, 5) is 17.6. The predicted molar refractivity (Wildman–Crippen MR) is 137 cm³/mol. The first-order chi connectivity index (χ1) is 17.0. The van der Waals surface area contributed by atoms with E-state index in [0.717, 1.165) is 11.1 Å². The molecule has 35 heavy (non-hydrogen) atoms. The molecule has 1 aliphatic rings. The Hall–Kier alpha value is -3.81. The first-order valence-corrected chi connectivity index (χ1v) is 11.7. The van der Waals surface area contributed by atoms with Gasteiger partial charge in [-0.2, -0.15) is 10.1 Å². The number of rotatable bonds is 6. The van der Waals surface area contributed by atoms with E-state index >= 15 is 0 Å². The van der Waals surface area contributed by atoms with Crippen molar-refractivity contribution in [1.82, 2.24) is 14.8 Å². The monoisotopic (exact) mass is 505 g/mol. The van der Waals surface area contributed by atoms with Crippen LogP contribution in [-0.4, -0.2) is 20.7 Å². The summed E-state index contributed by atoms with van der Waals surface area (Å²) in [6.07, 6.45) is 1.46. The van der Waals surface area contributed by atoms with Crippen LogP contribution < -0.4 is 15.4 Å². The molecule has 0 saturated carbocycles. The Morgan fingerprint density at radius 2 is 1.74 bits per heavy atom. The van der Waals surface area contributed by atoms with E-state index in [1.54, 1.807) is 22.9 Å². The summed E-state index contributed by atoms with van der Waals surface area (Å²) >= 11 is 12.5. The molecule has 0 aliphatic carbocycles. The molecule has 0 fully saturated rings. The predicted octanol–water partition coefficient (Wildman–Crippen LogP) is 6.09. The summed E-state index contributed by atoms with van der Waals surface area (Å²) in [6.45, 7) is 2.10. The molecule has 7 nitrogen and oxygen atoms in total. The lowest BCUT2D eigenvalue weighted by Gasteiger charge is -2.28. The number of allylic oxidation sites excluding steroid dienone is 1. The topological polar surface area (TPSA) is 81.1 Å². The minimum absolute atomic E-state index is 0.221. The van der Waals surface area contributed by atoms with Crippen LogP contribution in [0.2, 0.25) is 10.0 Å². The molecule has 0 spiro atoms. The van der Waals surface area contributed by atoms with Gasteiger partial charge in [-0.3, -0.25) is 4.79 Å². The van der Waals surface area contributed by atoms with Gasteiger partial charge in [0.05, 0.1) is 5.57 Å². The van der Waals surface area contributed by atoms with Gasteiger partial charge >= 0.3 is 0 Å². The maximum absolute atomic E-state index is 13.4. The number of para-hydroxylation sites is 1. The Morgan fingerprint density at radius 3 is 2.46 bits per heavy atom. The van der Waals surface area contributed by atoms with Crippen molar-refractivity contribution in [2.45, 2.75) is 19.6 Å². The van der Waals surface area contributed by atoms with Crippen LogP contribution in [0, 0.1) is 0 Å². The lowest BCUT2D eigenvalue weighted by molar-refractivity contribution is -0.113. The molecule has 1 amide bonds. The van der Waals surface area contributed by atoms with Crippen LogP contribution in [0.25, 0.3) is 0 Å². The number of nitrogens with one attached hydrogen (secondary N) is 2. The summed E-state index contributed by atoms with van der Waals surface area (Å²) in [5, 5.41) is 11.6. The maximum Gasteiger partial charge on any atom is 0.255 e. The summed E-state index contributed by atoms with van der Waals surface area (Å²) < 4.78 is 7.62. The van der Waals surface area contributed by atoms with E-state index in [2.05, 4.69) is 20.7 Å². The highest BCUT2D eigenvalue weighted by Crippen LogP contribution is 2.36. The number of halogens is 2. The Labute approximate surface area is 212 Å². The standard InChI is InChI=1S/C26H21Cl2N5O2/c1-16-23(25(34)32-18-6-3-2-4-7-18)24(33-26(31-16)29-15-30-33)17-10-12-19(13-11-17)35-14-20-21(27)8-5-9-22(20)28/h2-13,15,24H,14H2,1H3,(H,32,34)(H,29,30,31)/t24-/m1/s1. The molecule has 0 radical (unpaired) electrons. The number of carbonyl (C=O) groups is 1. The number of benzene rings is 3. The van der Waals surface area contributed by atoms with Crippen molar-refractivity contribution in [3.05, 3.63) is 112 Å². The fourth-order valence-electron chi connectivity index (χ4n) is 3.99. The second-order valence-corrected chi connectivity index (χ2v) is 8.79. The quantitative estimate of drug-likeness (QED) is 0.331. The number of nitrogens with zero attached hydrogens (tertiary/aromatic N) is 3. The van der Waals surface area contributed by atoms with Crippen LogP contribution in [0.15, 0.2) is 90.4 Å². The largest absolute Gasteiger partial charge is 0.489 e. The smallest absolute Gasteiger partial charge is 0.255 e. The number of aromatic nitrogens is 3. The van der Waals surface area contributed by atoms with Crippen LogP contribution in [-0.2, 0) is 11.4 Å².